The van der Waals surface area contributed by atoms with Crippen LogP contribution in [-0.2, 0) is 11.2 Å². The summed E-state index contributed by atoms with van der Waals surface area (Å²) in [6.45, 7) is 0. The van der Waals surface area contributed by atoms with Crippen LogP contribution in [0.2, 0.25) is 0 Å². The van der Waals surface area contributed by atoms with Gasteiger partial charge in [0, 0.05) is 11.1 Å². The van der Waals surface area contributed by atoms with Crippen LogP contribution >= 0.6 is 0 Å². The molecule has 4 rings (SSSR count). The third kappa shape index (κ3) is 3.61. The van der Waals surface area contributed by atoms with Crippen molar-refractivity contribution in [2.45, 2.75) is 24.9 Å². The summed E-state index contributed by atoms with van der Waals surface area (Å²) in [4.78, 5) is 13.1. The summed E-state index contributed by atoms with van der Waals surface area (Å²) in [6, 6.07) is 31.6. The van der Waals surface area contributed by atoms with E-state index in [0.29, 0.717) is 12.2 Å². The van der Waals surface area contributed by atoms with Crippen molar-refractivity contribution >= 4 is 5.78 Å². The van der Waals surface area contributed by atoms with E-state index in [2.05, 4.69) is 78.1 Å². The molecule has 0 amide bonds. The van der Waals surface area contributed by atoms with Crippen molar-refractivity contribution in [1.29, 1.82) is 0 Å². The molecule has 0 bridgehead atoms. The van der Waals surface area contributed by atoms with Crippen LogP contribution in [0.3, 0.4) is 0 Å². The molecule has 130 valence electrons. The van der Waals surface area contributed by atoms with E-state index in [-0.39, 0.29) is 18.0 Å². The molecule has 0 saturated carbocycles. The number of hydrogen-bond donors (Lipinski definition) is 1. The fourth-order valence-corrected chi connectivity index (χ4v) is 4.08. The van der Waals surface area contributed by atoms with Gasteiger partial charge in [0.05, 0.1) is 12.3 Å². The van der Waals surface area contributed by atoms with Crippen LogP contribution in [0.1, 0.15) is 35.2 Å². The van der Waals surface area contributed by atoms with Gasteiger partial charge >= 0.3 is 0 Å². The molecule has 2 heteroatoms. The maximum atomic E-state index is 13.1. The maximum absolute atomic E-state index is 13.1. The number of Topliss-reactive ketones (excluding diaryl/α,β-unsaturated/α-hetero) is 1. The Morgan fingerprint density at radius 3 is 1.88 bits per heavy atom. The maximum Gasteiger partial charge on any atom is 0.148 e. The normalized spacial score (nSPS) is 22.9. The number of carbonyl (C=O) groups excluding carboxylic acids is 1. The number of hydrogen-bond acceptors (Lipinski definition) is 1. The number of quaternary nitrogens is 1. The molecule has 2 nitrogen and oxygen atoms in total. The average molecular weight is 342 g/mol. The van der Waals surface area contributed by atoms with Crippen molar-refractivity contribution in [2.75, 3.05) is 0 Å². The molecule has 3 aromatic carbocycles. The van der Waals surface area contributed by atoms with E-state index in [0.717, 1.165) is 6.42 Å². The number of rotatable bonds is 4. The highest BCUT2D eigenvalue weighted by atomic mass is 16.1. The zero-order valence-corrected chi connectivity index (χ0v) is 14.8. The highest BCUT2D eigenvalue weighted by Gasteiger charge is 2.41. The molecule has 1 saturated heterocycles. The van der Waals surface area contributed by atoms with Gasteiger partial charge in [0.15, 0.2) is 0 Å². The summed E-state index contributed by atoms with van der Waals surface area (Å²) in [6.07, 6.45) is 1.40. The molecular formula is C24H24NO+. The molecule has 0 spiro atoms. The van der Waals surface area contributed by atoms with Gasteiger partial charge in [0.25, 0.3) is 0 Å². The second-order valence-electron chi connectivity index (χ2n) is 7.11. The number of nitrogens with two attached hydrogens (primary N) is 1. The highest BCUT2D eigenvalue weighted by molar-refractivity contribution is 5.83. The molecule has 3 atom stereocenters. The lowest BCUT2D eigenvalue weighted by molar-refractivity contribution is -0.743. The number of carbonyl (C=O) groups is 1. The van der Waals surface area contributed by atoms with Crippen molar-refractivity contribution in [3.63, 3.8) is 0 Å². The summed E-state index contributed by atoms with van der Waals surface area (Å²) >= 11 is 0. The van der Waals surface area contributed by atoms with Crippen LogP contribution in [0, 0.1) is 5.92 Å². The van der Waals surface area contributed by atoms with Crippen LogP contribution < -0.4 is 5.32 Å². The first kappa shape index (κ1) is 16.7. The monoisotopic (exact) mass is 342 g/mol. The number of ketones is 1. The van der Waals surface area contributed by atoms with Gasteiger partial charge in [0.2, 0.25) is 0 Å². The zero-order valence-electron chi connectivity index (χ0n) is 14.8. The van der Waals surface area contributed by atoms with Gasteiger partial charge in [-0.15, -0.1) is 0 Å². The Balaban J connectivity index is 1.65. The van der Waals surface area contributed by atoms with Crippen LogP contribution in [0.4, 0.5) is 0 Å². The van der Waals surface area contributed by atoms with Gasteiger partial charge in [-0.25, -0.2) is 0 Å². The summed E-state index contributed by atoms with van der Waals surface area (Å²) in [5.74, 6) is 0.388. The van der Waals surface area contributed by atoms with Crippen molar-refractivity contribution < 1.29 is 10.1 Å². The largest absolute Gasteiger partial charge is 0.333 e. The number of benzene rings is 3. The molecule has 0 aliphatic carbocycles. The van der Waals surface area contributed by atoms with Gasteiger partial charge < -0.3 is 5.32 Å². The van der Waals surface area contributed by atoms with E-state index >= 15 is 0 Å². The fraction of sp³-hybridized carbons (Fsp3) is 0.208. The predicted octanol–water partition coefficient (Wildman–Crippen LogP) is 3.86. The topological polar surface area (TPSA) is 33.7 Å². The Kier molecular flexibility index (Phi) is 4.94. The van der Waals surface area contributed by atoms with E-state index in [1.54, 1.807) is 0 Å². The summed E-state index contributed by atoms with van der Waals surface area (Å²) < 4.78 is 0. The van der Waals surface area contributed by atoms with Gasteiger partial charge in [-0.2, -0.15) is 0 Å². The second-order valence-corrected chi connectivity index (χ2v) is 7.11. The van der Waals surface area contributed by atoms with Gasteiger partial charge in [-0.1, -0.05) is 91.0 Å². The van der Waals surface area contributed by atoms with Gasteiger partial charge in [0.1, 0.15) is 17.9 Å². The minimum atomic E-state index is 0.0137. The van der Waals surface area contributed by atoms with E-state index < -0.39 is 0 Å². The molecular weight excluding hydrogens is 318 g/mol. The predicted molar refractivity (Wildman–Crippen MR) is 104 cm³/mol. The molecule has 0 radical (unpaired) electrons. The van der Waals surface area contributed by atoms with Crippen LogP contribution in [0.25, 0.3) is 0 Å². The molecule has 1 aliphatic heterocycles. The first-order valence-corrected chi connectivity index (χ1v) is 9.33. The standard InChI is InChI=1S/C24H23NO/c26-23-17-22(19-12-6-2-7-13-19)25-24(20-14-8-3-9-15-20)21(23)16-18-10-4-1-5-11-18/h1-15,21-22,24-25H,16-17H2/p+1/t21-,22-,24-/m0/s1. The van der Waals surface area contributed by atoms with E-state index in [9.17, 15) is 4.79 Å². The van der Waals surface area contributed by atoms with Crippen molar-refractivity contribution in [2.24, 2.45) is 5.92 Å². The van der Waals surface area contributed by atoms with Crippen LogP contribution in [-0.4, -0.2) is 5.78 Å². The van der Waals surface area contributed by atoms with E-state index in [4.69, 9.17) is 0 Å². The summed E-state index contributed by atoms with van der Waals surface area (Å²) in [5, 5.41) is 2.40. The molecule has 0 unspecified atom stereocenters. The quantitative estimate of drug-likeness (QED) is 0.767. The summed E-state index contributed by atoms with van der Waals surface area (Å²) in [7, 11) is 0. The molecule has 1 heterocycles. The minimum Gasteiger partial charge on any atom is -0.333 e. The minimum absolute atomic E-state index is 0.0137. The van der Waals surface area contributed by atoms with E-state index in [1.165, 1.54) is 16.7 Å². The first-order valence-electron chi connectivity index (χ1n) is 9.33. The van der Waals surface area contributed by atoms with Crippen molar-refractivity contribution in [3.8, 4) is 0 Å². The Bertz CT molecular complexity index is 845. The van der Waals surface area contributed by atoms with Crippen LogP contribution in [0.15, 0.2) is 91.0 Å². The molecule has 26 heavy (non-hydrogen) atoms. The van der Waals surface area contributed by atoms with E-state index in [1.807, 2.05) is 18.2 Å². The molecule has 1 fully saturated rings. The smallest absolute Gasteiger partial charge is 0.148 e. The third-order valence-electron chi connectivity index (χ3n) is 5.42. The Hall–Kier alpha value is -2.71. The fourth-order valence-electron chi connectivity index (χ4n) is 4.08. The van der Waals surface area contributed by atoms with Crippen LogP contribution in [0.5, 0.6) is 0 Å². The third-order valence-corrected chi connectivity index (χ3v) is 5.42. The average Bonchev–Trinajstić information content (AvgIpc) is 2.71. The van der Waals surface area contributed by atoms with Gasteiger partial charge in [-0.05, 0) is 12.0 Å². The van der Waals surface area contributed by atoms with Crippen molar-refractivity contribution in [1.82, 2.24) is 0 Å². The Morgan fingerprint density at radius 1 is 0.731 bits per heavy atom. The lowest BCUT2D eigenvalue weighted by Crippen LogP contribution is -2.90. The molecule has 3 aromatic rings. The van der Waals surface area contributed by atoms with Crippen molar-refractivity contribution in [3.05, 3.63) is 108 Å². The lowest BCUT2D eigenvalue weighted by atomic mass is 9.78. The first-order chi connectivity index (χ1) is 12.8. The Morgan fingerprint density at radius 2 is 1.27 bits per heavy atom. The van der Waals surface area contributed by atoms with Gasteiger partial charge in [-0.3, -0.25) is 4.79 Å². The summed E-state index contributed by atoms with van der Waals surface area (Å²) in [5.41, 5.74) is 3.71. The lowest BCUT2D eigenvalue weighted by Gasteiger charge is -2.34. The molecule has 0 aromatic heterocycles. The molecule has 1 aliphatic rings. The zero-order chi connectivity index (χ0) is 17.8. The number of piperidine rings is 1. The molecule has 2 N–H and O–H groups in total. The Labute approximate surface area is 154 Å². The second kappa shape index (κ2) is 7.67. The SMILES string of the molecule is O=C1C[C@@H](c2ccccc2)[NH2+][C@@H](c2ccccc2)[C@H]1Cc1ccccc1. The highest BCUT2D eigenvalue weighted by Crippen LogP contribution is 2.31.